The molecule has 2 heterocycles. The number of H-pyrrole nitrogens is 1. The predicted octanol–water partition coefficient (Wildman–Crippen LogP) is 5.16. The smallest absolute Gasteiger partial charge is 0.419 e. The van der Waals surface area contributed by atoms with Crippen LogP contribution in [0.25, 0.3) is 11.0 Å². The maximum atomic E-state index is 13.2. The van der Waals surface area contributed by atoms with E-state index in [9.17, 15) is 9.59 Å². The number of carbonyl (C=O) groups excluding carboxylic acids is 2. The summed E-state index contributed by atoms with van der Waals surface area (Å²) in [5.74, 6) is -0.340. The minimum Gasteiger partial charge on any atom is -0.444 e. The second-order valence-electron chi connectivity index (χ2n) is 6.69. The highest BCUT2D eigenvalue weighted by atomic mass is 16.6. The topological polar surface area (TPSA) is 87.3 Å². The zero-order valence-corrected chi connectivity index (χ0v) is 16.6. The molecule has 0 unspecified atom stereocenters. The van der Waals surface area contributed by atoms with E-state index in [1.165, 1.54) is 11.0 Å². The lowest BCUT2D eigenvalue weighted by atomic mass is 10.2. The Morgan fingerprint density at radius 2 is 1.94 bits per heavy atom. The maximum absolute atomic E-state index is 13.2. The first-order chi connectivity index (χ1) is 15.2. The molecular weight excluding hydrogens is 392 g/mol. The zero-order chi connectivity index (χ0) is 21.6. The van der Waals surface area contributed by atoms with Crippen LogP contribution in [0.2, 0.25) is 0 Å². The van der Waals surface area contributed by atoms with Crippen LogP contribution in [-0.4, -0.2) is 22.0 Å². The number of carbonyl (C=O) groups is 2. The normalized spacial score (nSPS) is 10.5. The summed E-state index contributed by atoms with van der Waals surface area (Å²) in [6.45, 7) is 3.59. The van der Waals surface area contributed by atoms with Crippen molar-refractivity contribution in [2.75, 3.05) is 10.2 Å². The highest BCUT2D eigenvalue weighted by Gasteiger charge is 2.23. The molecule has 4 rings (SSSR count). The van der Waals surface area contributed by atoms with Gasteiger partial charge in [-0.15, -0.1) is 0 Å². The fraction of sp³-hybridized carbons (Fsp3) is 0.0417. The first-order valence-corrected chi connectivity index (χ1v) is 9.62. The summed E-state index contributed by atoms with van der Waals surface area (Å²) in [4.78, 5) is 33.8. The van der Waals surface area contributed by atoms with Crippen molar-refractivity contribution in [1.29, 1.82) is 0 Å². The van der Waals surface area contributed by atoms with Gasteiger partial charge in [-0.25, -0.2) is 14.7 Å². The van der Waals surface area contributed by atoms with Crippen LogP contribution in [0.1, 0.15) is 5.56 Å². The van der Waals surface area contributed by atoms with Crippen molar-refractivity contribution in [1.82, 2.24) is 9.97 Å². The van der Waals surface area contributed by atoms with Gasteiger partial charge in [-0.1, -0.05) is 43.0 Å². The van der Waals surface area contributed by atoms with Gasteiger partial charge in [0.15, 0.2) is 0 Å². The summed E-state index contributed by atoms with van der Waals surface area (Å²) < 4.78 is 5.62. The number of nitrogens with zero attached hydrogens (tertiary/aromatic N) is 2. The largest absolute Gasteiger partial charge is 0.444 e. The summed E-state index contributed by atoms with van der Waals surface area (Å²) in [6, 6.07) is 20.0. The van der Waals surface area contributed by atoms with E-state index < -0.39 is 6.09 Å². The molecule has 0 atom stereocenters. The van der Waals surface area contributed by atoms with Crippen molar-refractivity contribution < 1.29 is 14.3 Å². The van der Waals surface area contributed by atoms with Gasteiger partial charge in [0.05, 0.1) is 11.4 Å². The Kier molecular flexibility index (Phi) is 5.75. The molecule has 31 heavy (non-hydrogen) atoms. The molecule has 2 amide bonds. The summed E-state index contributed by atoms with van der Waals surface area (Å²) in [6.07, 6.45) is 4.01. The number of pyridine rings is 1. The molecule has 7 nitrogen and oxygen atoms in total. The number of anilines is 3. The van der Waals surface area contributed by atoms with E-state index in [-0.39, 0.29) is 12.5 Å². The molecule has 2 N–H and O–H groups in total. The van der Waals surface area contributed by atoms with Gasteiger partial charge in [0.1, 0.15) is 12.3 Å². The fourth-order valence-corrected chi connectivity index (χ4v) is 3.18. The van der Waals surface area contributed by atoms with E-state index in [1.54, 1.807) is 42.7 Å². The number of fused-ring (bicyclic) bond motifs is 1. The van der Waals surface area contributed by atoms with Crippen molar-refractivity contribution in [2.24, 2.45) is 0 Å². The van der Waals surface area contributed by atoms with Crippen LogP contribution in [0.4, 0.5) is 21.9 Å². The van der Waals surface area contributed by atoms with Crippen LogP contribution in [-0.2, 0) is 16.1 Å². The monoisotopic (exact) mass is 412 g/mol. The first-order valence-electron chi connectivity index (χ1n) is 9.62. The molecule has 0 bridgehead atoms. The third-order valence-electron chi connectivity index (χ3n) is 4.62. The molecular formula is C24H20N4O3. The van der Waals surface area contributed by atoms with Crippen LogP contribution >= 0.6 is 0 Å². The Bertz CT molecular complexity index is 1230. The van der Waals surface area contributed by atoms with Gasteiger partial charge in [0.25, 0.3) is 0 Å². The van der Waals surface area contributed by atoms with Crippen molar-refractivity contribution >= 4 is 40.1 Å². The van der Waals surface area contributed by atoms with E-state index in [1.807, 2.05) is 36.4 Å². The van der Waals surface area contributed by atoms with E-state index >= 15 is 0 Å². The number of aromatic nitrogens is 2. The molecule has 7 heteroatoms. The SMILES string of the molecule is C=CC(=O)Nc1cccc(N(C(=O)OCc2ccccc2)c2ccnc3[nH]ccc23)c1. The summed E-state index contributed by atoms with van der Waals surface area (Å²) >= 11 is 0. The molecule has 0 aliphatic carbocycles. The van der Waals surface area contributed by atoms with Gasteiger partial charge in [-0.05, 0) is 42.0 Å². The predicted molar refractivity (Wildman–Crippen MR) is 120 cm³/mol. The molecule has 2 aromatic heterocycles. The second kappa shape index (κ2) is 8.96. The van der Waals surface area contributed by atoms with Gasteiger partial charge in [0.2, 0.25) is 5.91 Å². The van der Waals surface area contributed by atoms with E-state index in [0.717, 1.165) is 10.9 Å². The van der Waals surface area contributed by atoms with Crippen LogP contribution in [0.5, 0.6) is 0 Å². The standard InChI is InChI=1S/C24H20N4O3/c1-2-22(29)27-18-9-6-10-19(15-18)28(21-12-14-26-23-20(21)11-13-25-23)24(30)31-16-17-7-4-3-5-8-17/h2-15H,1,16H2,(H,25,26)(H,27,29). The lowest BCUT2D eigenvalue weighted by Gasteiger charge is -2.23. The molecule has 0 spiro atoms. The van der Waals surface area contributed by atoms with E-state index in [4.69, 9.17) is 4.74 Å². The van der Waals surface area contributed by atoms with E-state index in [2.05, 4.69) is 21.9 Å². The lowest BCUT2D eigenvalue weighted by Crippen LogP contribution is -2.27. The molecule has 154 valence electrons. The quantitative estimate of drug-likeness (QED) is 0.428. The van der Waals surface area contributed by atoms with Gasteiger partial charge in [0, 0.05) is 23.5 Å². The average Bonchev–Trinajstić information content (AvgIpc) is 3.28. The number of hydrogen-bond donors (Lipinski definition) is 2. The lowest BCUT2D eigenvalue weighted by molar-refractivity contribution is -0.111. The number of nitrogens with one attached hydrogen (secondary N) is 2. The molecule has 2 aromatic carbocycles. The first kappa shape index (κ1) is 19.9. The second-order valence-corrected chi connectivity index (χ2v) is 6.69. The zero-order valence-electron chi connectivity index (χ0n) is 16.6. The van der Waals surface area contributed by atoms with Crippen molar-refractivity contribution in [3.63, 3.8) is 0 Å². The Hall–Kier alpha value is -4.39. The number of benzene rings is 2. The minimum absolute atomic E-state index is 0.129. The molecule has 0 radical (unpaired) electrons. The molecule has 0 saturated heterocycles. The van der Waals surface area contributed by atoms with Gasteiger partial charge in [-0.3, -0.25) is 4.79 Å². The molecule has 4 aromatic rings. The summed E-state index contributed by atoms with van der Waals surface area (Å²) in [5.41, 5.74) is 3.20. The number of hydrogen-bond acceptors (Lipinski definition) is 4. The minimum atomic E-state index is -0.551. The third-order valence-corrected chi connectivity index (χ3v) is 4.62. The van der Waals surface area contributed by atoms with Crippen molar-refractivity contribution in [3.8, 4) is 0 Å². The van der Waals surface area contributed by atoms with Gasteiger partial charge >= 0.3 is 6.09 Å². The van der Waals surface area contributed by atoms with Crippen LogP contribution in [0.15, 0.2) is 91.8 Å². The van der Waals surface area contributed by atoms with Gasteiger partial charge in [-0.2, -0.15) is 0 Å². The van der Waals surface area contributed by atoms with Crippen LogP contribution in [0.3, 0.4) is 0 Å². The Balaban J connectivity index is 1.72. The number of rotatable bonds is 6. The number of ether oxygens (including phenoxy) is 1. The molecule has 0 saturated carbocycles. The van der Waals surface area contributed by atoms with Crippen molar-refractivity contribution in [2.45, 2.75) is 6.61 Å². The van der Waals surface area contributed by atoms with Crippen LogP contribution in [0, 0.1) is 0 Å². The molecule has 0 fully saturated rings. The summed E-state index contributed by atoms with van der Waals surface area (Å²) in [7, 11) is 0. The average molecular weight is 412 g/mol. The van der Waals surface area contributed by atoms with Crippen molar-refractivity contribution in [3.05, 3.63) is 97.3 Å². The summed E-state index contributed by atoms with van der Waals surface area (Å²) in [5, 5.41) is 3.48. The Morgan fingerprint density at radius 1 is 1.10 bits per heavy atom. The fourth-order valence-electron chi connectivity index (χ4n) is 3.18. The highest BCUT2D eigenvalue weighted by molar-refractivity contribution is 6.05. The highest BCUT2D eigenvalue weighted by Crippen LogP contribution is 2.33. The maximum Gasteiger partial charge on any atom is 0.419 e. The third kappa shape index (κ3) is 4.45. The van der Waals surface area contributed by atoms with E-state index in [0.29, 0.717) is 22.7 Å². The Morgan fingerprint density at radius 3 is 2.74 bits per heavy atom. The number of amides is 2. The van der Waals surface area contributed by atoms with Crippen LogP contribution < -0.4 is 10.2 Å². The van der Waals surface area contributed by atoms with Gasteiger partial charge < -0.3 is 15.0 Å². The number of aromatic amines is 1. The Labute approximate surface area is 179 Å². The molecule has 0 aliphatic rings. The molecule has 0 aliphatic heterocycles.